The molecule has 1 N–H and O–H groups in total. The van der Waals surface area contributed by atoms with Crippen LogP contribution in [0, 0.1) is 0 Å². The molecule has 3 rings (SSSR count). The lowest BCUT2D eigenvalue weighted by Gasteiger charge is -2.07. The molecule has 6 nitrogen and oxygen atoms in total. The van der Waals surface area contributed by atoms with Crippen molar-refractivity contribution in [1.82, 2.24) is 14.6 Å². The molecule has 0 unspecified atom stereocenters. The normalized spacial score (nSPS) is 10.7. The van der Waals surface area contributed by atoms with Gasteiger partial charge in [0.05, 0.1) is 19.0 Å². The Hall–Kier alpha value is -2.89. The van der Waals surface area contributed by atoms with Crippen LogP contribution < -0.4 is 4.74 Å². The number of aromatic carboxylic acids is 1. The summed E-state index contributed by atoms with van der Waals surface area (Å²) in [4.78, 5) is 15.2. The Morgan fingerprint density at radius 1 is 1.25 bits per heavy atom. The van der Waals surface area contributed by atoms with E-state index in [-0.39, 0.29) is 5.69 Å². The molecular weight excluding hydrogens is 258 g/mol. The van der Waals surface area contributed by atoms with Crippen LogP contribution >= 0.6 is 0 Å². The molecule has 1 aromatic carbocycles. The van der Waals surface area contributed by atoms with E-state index < -0.39 is 5.97 Å². The van der Waals surface area contributed by atoms with Gasteiger partial charge in [-0.05, 0) is 30.3 Å². The van der Waals surface area contributed by atoms with Crippen molar-refractivity contribution in [3.05, 3.63) is 48.3 Å². The highest BCUT2D eigenvalue weighted by molar-refractivity contribution is 5.87. The summed E-state index contributed by atoms with van der Waals surface area (Å²) in [6.07, 6.45) is 1.58. The highest BCUT2D eigenvalue weighted by Gasteiger charge is 2.12. The number of methoxy groups -OCH3 is 1. The molecule has 0 saturated heterocycles. The van der Waals surface area contributed by atoms with Crippen molar-refractivity contribution in [3.63, 3.8) is 0 Å². The third-order valence-electron chi connectivity index (χ3n) is 2.96. The monoisotopic (exact) mass is 269 g/mol. The zero-order valence-corrected chi connectivity index (χ0v) is 10.6. The summed E-state index contributed by atoms with van der Waals surface area (Å²) in [7, 11) is 1.59. The third-order valence-corrected chi connectivity index (χ3v) is 2.96. The molecule has 2 aromatic heterocycles. The zero-order chi connectivity index (χ0) is 14.1. The first-order valence-electron chi connectivity index (χ1n) is 5.91. The highest BCUT2D eigenvalue weighted by atomic mass is 16.5. The largest absolute Gasteiger partial charge is 0.497 e. The quantitative estimate of drug-likeness (QED) is 0.788. The SMILES string of the molecule is COc1ccc(-c2cc(C(=O)O)nc3ccnn23)cc1. The molecule has 2 heterocycles. The predicted octanol–water partition coefficient (Wildman–Crippen LogP) is 2.10. The van der Waals surface area contributed by atoms with Gasteiger partial charge in [0.1, 0.15) is 5.75 Å². The lowest BCUT2D eigenvalue weighted by Crippen LogP contribution is -2.05. The first-order chi connectivity index (χ1) is 9.69. The van der Waals surface area contributed by atoms with Crippen LogP contribution in [0.5, 0.6) is 5.75 Å². The molecule has 0 aliphatic heterocycles. The van der Waals surface area contributed by atoms with Gasteiger partial charge in [-0.2, -0.15) is 5.10 Å². The number of carboxylic acids is 1. The fourth-order valence-corrected chi connectivity index (χ4v) is 1.99. The minimum Gasteiger partial charge on any atom is -0.497 e. The van der Waals surface area contributed by atoms with E-state index in [1.165, 1.54) is 6.07 Å². The number of ether oxygens (including phenoxy) is 1. The molecular formula is C14H11N3O3. The Kier molecular flexibility index (Phi) is 2.83. The fraction of sp³-hybridized carbons (Fsp3) is 0.0714. The number of carbonyl (C=O) groups is 1. The number of fused-ring (bicyclic) bond motifs is 1. The first-order valence-corrected chi connectivity index (χ1v) is 5.91. The maximum Gasteiger partial charge on any atom is 0.354 e. The lowest BCUT2D eigenvalue weighted by molar-refractivity contribution is 0.0690. The topological polar surface area (TPSA) is 76.7 Å². The van der Waals surface area contributed by atoms with Crippen molar-refractivity contribution in [3.8, 4) is 17.0 Å². The van der Waals surface area contributed by atoms with E-state index in [0.29, 0.717) is 11.3 Å². The average molecular weight is 269 g/mol. The number of hydrogen-bond acceptors (Lipinski definition) is 4. The van der Waals surface area contributed by atoms with Gasteiger partial charge in [-0.3, -0.25) is 0 Å². The summed E-state index contributed by atoms with van der Waals surface area (Å²) in [6, 6.07) is 10.5. The third kappa shape index (κ3) is 1.97. The zero-order valence-electron chi connectivity index (χ0n) is 10.6. The van der Waals surface area contributed by atoms with Gasteiger partial charge in [0.25, 0.3) is 0 Å². The molecule has 100 valence electrons. The molecule has 6 heteroatoms. The van der Waals surface area contributed by atoms with E-state index in [1.54, 1.807) is 23.9 Å². The lowest BCUT2D eigenvalue weighted by atomic mass is 10.1. The van der Waals surface area contributed by atoms with Crippen LogP contribution in [0.2, 0.25) is 0 Å². The summed E-state index contributed by atoms with van der Waals surface area (Å²) in [5.41, 5.74) is 1.99. The van der Waals surface area contributed by atoms with Crippen molar-refractivity contribution in [2.75, 3.05) is 7.11 Å². The summed E-state index contributed by atoms with van der Waals surface area (Å²) >= 11 is 0. The van der Waals surface area contributed by atoms with Crippen molar-refractivity contribution in [2.45, 2.75) is 0 Å². The summed E-state index contributed by atoms with van der Waals surface area (Å²) in [6.45, 7) is 0. The van der Waals surface area contributed by atoms with Crippen LogP contribution in [0.25, 0.3) is 16.9 Å². The Balaban J connectivity index is 2.22. The van der Waals surface area contributed by atoms with Gasteiger partial charge in [0.2, 0.25) is 0 Å². The molecule has 0 aliphatic carbocycles. The number of rotatable bonds is 3. The molecule has 0 radical (unpaired) electrons. The Morgan fingerprint density at radius 2 is 2.00 bits per heavy atom. The van der Waals surface area contributed by atoms with Crippen molar-refractivity contribution in [2.24, 2.45) is 0 Å². The Morgan fingerprint density at radius 3 is 2.65 bits per heavy atom. The maximum atomic E-state index is 11.1. The van der Waals surface area contributed by atoms with Crippen molar-refractivity contribution >= 4 is 11.6 Å². The van der Waals surface area contributed by atoms with Crippen LogP contribution in [-0.4, -0.2) is 32.8 Å². The summed E-state index contributed by atoms with van der Waals surface area (Å²) in [5, 5.41) is 13.3. The number of carboxylic acid groups (broad SMARTS) is 1. The smallest absolute Gasteiger partial charge is 0.354 e. The van der Waals surface area contributed by atoms with Crippen molar-refractivity contribution in [1.29, 1.82) is 0 Å². The number of benzene rings is 1. The van der Waals surface area contributed by atoms with E-state index in [4.69, 9.17) is 9.84 Å². The molecule has 0 amide bonds. The summed E-state index contributed by atoms with van der Waals surface area (Å²) in [5.74, 6) is -0.332. The van der Waals surface area contributed by atoms with Crippen molar-refractivity contribution < 1.29 is 14.6 Å². The predicted molar refractivity (Wildman–Crippen MR) is 71.9 cm³/mol. The van der Waals surface area contributed by atoms with Crippen LogP contribution in [0.1, 0.15) is 10.5 Å². The van der Waals surface area contributed by atoms with Gasteiger partial charge in [0, 0.05) is 11.6 Å². The van der Waals surface area contributed by atoms with E-state index in [2.05, 4.69) is 10.1 Å². The fourth-order valence-electron chi connectivity index (χ4n) is 1.99. The highest BCUT2D eigenvalue weighted by Crippen LogP contribution is 2.23. The first kappa shape index (κ1) is 12.2. The standard InChI is InChI=1S/C14H11N3O3/c1-20-10-4-2-9(3-5-10)12-8-11(14(18)19)16-13-6-7-15-17(12)13/h2-8H,1H3,(H,18,19). The van der Waals surface area contributed by atoms with Crippen LogP contribution in [0.15, 0.2) is 42.6 Å². The van der Waals surface area contributed by atoms with Gasteiger partial charge in [-0.1, -0.05) is 0 Å². The number of hydrogen-bond donors (Lipinski definition) is 1. The minimum atomic E-state index is -1.07. The molecule has 3 aromatic rings. The van der Waals surface area contributed by atoms with Gasteiger partial charge in [-0.15, -0.1) is 0 Å². The molecule has 0 atom stereocenters. The number of aromatic nitrogens is 3. The average Bonchev–Trinajstić information content (AvgIpc) is 2.94. The molecule has 0 saturated carbocycles. The van der Waals surface area contributed by atoms with Crippen LogP contribution in [0.4, 0.5) is 0 Å². The second-order valence-electron chi connectivity index (χ2n) is 4.16. The van der Waals surface area contributed by atoms with E-state index >= 15 is 0 Å². The van der Waals surface area contributed by atoms with E-state index in [0.717, 1.165) is 11.3 Å². The minimum absolute atomic E-state index is 0.0104. The number of nitrogens with zero attached hydrogens (tertiary/aromatic N) is 3. The second kappa shape index (κ2) is 4.65. The van der Waals surface area contributed by atoms with E-state index in [9.17, 15) is 4.79 Å². The second-order valence-corrected chi connectivity index (χ2v) is 4.16. The molecule has 0 spiro atoms. The summed E-state index contributed by atoms with van der Waals surface area (Å²) < 4.78 is 6.72. The molecule has 0 bridgehead atoms. The maximum absolute atomic E-state index is 11.1. The van der Waals surface area contributed by atoms with Gasteiger partial charge < -0.3 is 9.84 Å². The molecule has 20 heavy (non-hydrogen) atoms. The van der Waals surface area contributed by atoms with Crippen LogP contribution in [0.3, 0.4) is 0 Å². The van der Waals surface area contributed by atoms with Gasteiger partial charge in [0.15, 0.2) is 11.3 Å². The Labute approximate surface area is 114 Å². The molecule has 0 fully saturated rings. The van der Waals surface area contributed by atoms with Crippen LogP contribution in [-0.2, 0) is 0 Å². The van der Waals surface area contributed by atoms with Gasteiger partial charge in [-0.25, -0.2) is 14.3 Å². The Bertz CT molecular complexity index is 778. The van der Waals surface area contributed by atoms with Gasteiger partial charge >= 0.3 is 5.97 Å². The molecule has 0 aliphatic rings. The van der Waals surface area contributed by atoms with E-state index in [1.807, 2.05) is 24.3 Å².